The van der Waals surface area contributed by atoms with Crippen molar-refractivity contribution in [3.63, 3.8) is 0 Å². The molecule has 1 amide bonds. The number of esters is 1. The number of primary sulfonamides is 1. The number of halogens is 2. The fourth-order valence-corrected chi connectivity index (χ4v) is 6.22. The van der Waals surface area contributed by atoms with Crippen LogP contribution in [0.3, 0.4) is 0 Å². The van der Waals surface area contributed by atoms with Gasteiger partial charge in [-0.3, -0.25) is 4.79 Å². The molecule has 1 heterocycles. The summed E-state index contributed by atoms with van der Waals surface area (Å²) in [6, 6.07) is 2.17. The summed E-state index contributed by atoms with van der Waals surface area (Å²) in [6.45, 7) is 5.63. The molecule has 3 rings (SSSR count). The number of fused-ring (bicyclic) bond motifs is 1. The van der Waals surface area contributed by atoms with Gasteiger partial charge >= 0.3 is 5.97 Å². The number of nitrogens with one attached hydrogen (secondary N) is 1. The van der Waals surface area contributed by atoms with E-state index in [0.717, 1.165) is 35.4 Å². The van der Waals surface area contributed by atoms with Crippen LogP contribution < -0.4 is 10.5 Å². The van der Waals surface area contributed by atoms with E-state index in [2.05, 4.69) is 12.2 Å². The van der Waals surface area contributed by atoms with Crippen molar-refractivity contribution >= 4 is 61.4 Å². The van der Waals surface area contributed by atoms with Gasteiger partial charge in [0.1, 0.15) is 9.90 Å². The standard InChI is InChI=1S/C20H22Cl2N2O5S2/c1-9(2)29-20(26)17-11-5-4-10(3)6-15(11)30-19(17)24-18(25)12-7-16(31(23,27)28)14(22)8-13(12)21/h7-10H,4-6H2,1-3H3,(H,24,25)(H2,23,27,28)/t10-/m1/s1. The second kappa shape index (κ2) is 9.07. The van der Waals surface area contributed by atoms with Crippen LogP contribution in [0.1, 0.15) is 58.3 Å². The third-order valence-corrected chi connectivity index (χ3v) is 7.72. The van der Waals surface area contributed by atoms with Gasteiger partial charge in [0.05, 0.1) is 27.3 Å². The predicted octanol–water partition coefficient (Wildman–Crippen LogP) is 4.64. The number of sulfonamides is 1. The first-order valence-electron chi connectivity index (χ1n) is 9.57. The van der Waals surface area contributed by atoms with Crippen LogP contribution >= 0.6 is 34.5 Å². The Labute approximate surface area is 194 Å². The van der Waals surface area contributed by atoms with E-state index < -0.39 is 26.8 Å². The summed E-state index contributed by atoms with van der Waals surface area (Å²) in [6.07, 6.45) is 2.12. The number of thiophene rings is 1. The molecule has 1 aliphatic rings. The van der Waals surface area contributed by atoms with Crippen molar-refractivity contribution in [3.8, 4) is 0 Å². The Morgan fingerprint density at radius 1 is 1.26 bits per heavy atom. The third kappa shape index (κ3) is 5.23. The van der Waals surface area contributed by atoms with Crippen LogP contribution in [-0.4, -0.2) is 26.4 Å². The Balaban J connectivity index is 2.03. The van der Waals surface area contributed by atoms with Gasteiger partial charge in [-0.1, -0.05) is 30.1 Å². The average molecular weight is 505 g/mol. The van der Waals surface area contributed by atoms with Crippen LogP contribution in [0.5, 0.6) is 0 Å². The Morgan fingerprint density at radius 3 is 2.55 bits per heavy atom. The van der Waals surface area contributed by atoms with Gasteiger partial charge in [-0.2, -0.15) is 0 Å². The molecule has 3 N–H and O–H groups in total. The number of amides is 1. The van der Waals surface area contributed by atoms with E-state index >= 15 is 0 Å². The molecule has 0 spiro atoms. The molecule has 168 valence electrons. The van der Waals surface area contributed by atoms with Crippen LogP contribution in [0.4, 0.5) is 5.00 Å². The number of anilines is 1. The first kappa shape index (κ1) is 24.0. The molecule has 1 atom stereocenters. The number of nitrogens with two attached hydrogens (primary N) is 1. The van der Waals surface area contributed by atoms with Gasteiger partial charge in [0.15, 0.2) is 0 Å². The molecule has 7 nitrogen and oxygen atoms in total. The maximum atomic E-state index is 13.0. The summed E-state index contributed by atoms with van der Waals surface area (Å²) in [5, 5.41) is 7.99. The summed E-state index contributed by atoms with van der Waals surface area (Å²) in [4.78, 5) is 26.4. The van der Waals surface area contributed by atoms with Gasteiger partial charge < -0.3 is 10.1 Å². The molecule has 0 fully saturated rings. The fourth-order valence-electron chi connectivity index (χ4n) is 3.42. The zero-order valence-electron chi connectivity index (χ0n) is 17.1. The largest absolute Gasteiger partial charge is 0.459 e. The molecule has 1 aromatic heterocycles. The monoisotopic (exact) mass is 504 g/mol. The second-order valence-corrected chi connectivity index (χ2v) is 11.2. The lowest BCUT2D eigenvalue weighted by Gasteiger charge is -2.19. The van der Waals surface area contributed by atoms with Gasteiger partial charge in [0.2, 0.25) is 10.0 Å². The lowest BCUT2D eigenvalue weighted by Crippen LogP contribution is -2.19. The quantitative estimate of drug-likeness (QED) is 0.575. The first-order chi connectivity index (χ1) is 14.4. The molecular formula is C20H22Cl2N2O5S2. The molecular weight excluding hydrogens is 483 g/mol. The first-order valence-corrected chi connectivity index (χ1v) is 12.7. The molecule has 1 aromatic carbocycles. The van der Waals surface area contributed by atoms with E-state index in [-0.39, 0.29) is 21.7 Å². The highest BCUT2D eigenvalue weighted by molar-refractivity contribution is 7.89. The van der Waals surface area contributed by atoms with Gasteiger partial charge in [-0.25, -0.2) is 18.4 Å². The lowest BCUT2D eigenvalue weighted by atomic mass is 9.88. The number of hydrogen-bond acceptors (Lipinski definition) is 6. The van der Waals surface area contributed by atoms with Crippen molar-refractivity contribution in [3.05, 3.63) is 43.7 Å². The number of carbonyl (C=O) groups is 2. The highest BCUT2D eigenvalue weighted by Crippen LogP contribution is 2.40. The van der Waals surface area contributed by atoms with E-state index in [4.69, 9.17) is 33.1 Å². The van der Waals surface area contributed by atoms with Crippen molar-refractivity contribution < 1.29 is 22.7 Å². The molecule has 0 aliphatic heterocycles. The van der Waals surface area contributed by atoms with E-state index in [9.17, 15) is 18.0 Å². The normalized spacial score (nSPS) is 16.2. The van der Waals surface area contributed by atoms with E-state index in [1.54, 1.807) is 13.8 Å². The molecule has 1 aliphatic carbocycles. The molecule has 0 radical (unpaired) electrons. The fraction of sp³-hybridized carbons (Fsp3) is 0.400. The lowest BCUT2D eigenvalue weighted by molar-refractivity contribution is 0.0378. The topological polar surface area (TPSA) is 116 Å². The van der Waals surface area contributed by atoms with Crippen LogP contribution in [0.15, 0.2) is 17.0 Å². The third-order valence-electron chi connectivity index (χ3n) is 4.86. The van der Waals surface area contributed by atoms with Crippen molar-refractivity contribution in [2.24, 2.45) is 11.1 Å². The van der Waals surface area contributed by atoms with E-state index in [1.165, 1.54) is 11.3 Å². The summed E-state index contributed by atoms with van der Waals surface area (Å²) in [7, 11) is -4.16. The van der Waals surface area contributed by atoms with Crippen LogP contribution in [0, 0.1) is 5.92 Å². The van der Waals surface area contributed by atoms with E-state index in [0.29, 0.717) is 22.9 Å². The van der Waals surface area contributed by atoms with Crippen LogP contribution in [0.25, 0.3) is 0 Å². The molecule has 2 aromatic rings. The Hall–Kier alpha value is -1.65. The van der Waals surface area contributed by atoms with Gasteiger partial charge in [0.25, 0.3) is 5.91 Å². The molecule has 0 unspecified atom stereocenters. The van der Waals surface area contributed by atoms with Gasteiger partial charge in [-0.05, 0) is 56.7 Å². The maximum Gasteiger partial charge on any atom is 0.341 e. The predicted molar refractivity (Wildman–Crippen MR) is 122 cm³/mol. The SMILES string of the molecule is CC(C)OC(=O)c1c(NC(=O)c2cc(S(N)(=O)=O)c(Cl)cc2Cl)sc2c1CC[C@@H](C)C2. The zero-order valence-corrected chi connectivity index (χ0v) is 20.3. The highest BCUT2D eigenvalue weighted by Gasteiger charge is 2.30. The van der Waals surface area contributed by atoms with Crippen LogP contribution in [0.2, 0.25) is 10.0 Å². The number of benzene rings is 1. The Morgan fingerprint density at radius 2 is 1.94 bits per heavy atom. The Bertz CT molecular complexity index is 1160. The molecule has 31 heavy (non-hydrogen) atoms. The van der Waals surface area contributed by atoms with Gasteiger partial charge in [0, 0.05) is 4.88 Å². The van der Waals surface area contributed by atoms with Crippen LogP contribution in [-0.2, 0) is 27.6 Å². The maximum absolute atomic E-state index is 13.0. The number of rotatable bonds is 5. The molecule has 11 heteroatoms. The van der Waals surface area contributed by atoms with Crippen molar-refractivity contribution in [2.45, 2.75) is 51.0 Å². The summed E-state index contributed by atoms with van der Waals surface area (Å²) in [5.74, 6) is -0.728. The van der Waals surface area contributed by atoms with Gasteiger partial charge in [-0.15, -0.1) is 11.3 Å². The van der Waals surface area contributed by atoms with Crippen molar-refractivity contribution in [1.29, 1.82) is 0 Å². The highest BCUT2D eigenvalue weighted by atomic mass is 35.5. The molecule has 0 saturated heterocycles. The molecule has 0 saturated carbocycles. The summed E-state index contributed by atoms with van der Waals surface area (Å²) >= 11 is 13.4. The number of carbonyl (C=O) groups excluding carboxylic acids is 2. The smallest absolute Gasteiger partial charge is 0.341 e. The molecule has 0 bridgehead atoms. The minimum absolute atomic E-state index is 0.0452. The zero-order chi connectivity index (χ0) is 23.1. The minimum Gasteiger partial charge on any atom is -0.459 e. The second-order valence-electron chi connectivity index (χ2n) is 7.77. The average Bonchev–Trinajstić information content (AvgIpc) is 2.96. The van der Waals surface area contributed by atoms with E-state index in [1.807, 2.05) is 0 Å². The number of ether oxygens (including phenoxy) is 1. The van der Waals surface area contributed by atoms with Crippen molar-refractivity contribution in [2.75, 3.05) is 5.32 Å². The van der Waals surface area contributed by atoms with Crippen molar-refractivity contribution in [1.82, 2.24) is 0 Å². The minimum atomic E-state index is -4.16. The Kier molecular flexibility index (Phi) is 7.02. The summed E-state index contributed by atoms with van der Waals surface area (Å²) in [5.41, 5.74) is 1.10. The summed E-state index contributed by atoms with van der Waals surface area (Å²) < 4.78 is 28.9. The number of hydrogen-bond donors (Lipinski definition) is 2.